The first-order valence-electron chi connectivity index (χ1n) is 8.19. The maximum atomic E-state index is 12.7. The average molecular weight is 329 g/mol. The van der Waals surface area contributed by atoms with Gasteiger partial charge < -0.3 is 15.0 Å². The quantitative estimate of drug-likeness (QED) is 0.877. The van der Waals surface area contributed by atoms with Crippen LogP contribution >= 0.6 is 0 Å². The summed E-state index contributed by atoms with van der Waals surface area (Å²) in [6.45, 7) is 5.18. The van der Waals surface area contributed by atoms with E-state index in [1.807, 2.05) is 32.0 Å². The molecule has 0 radical (unpaired) electrons. The third-order valence-corrected chi connectivity index (χ3v) is 4.20. The summed E-state index contributed by atoms with van der Waals surface area (Å²) in [6, 6.07) is 5.69. The number of H-pyrrole nitrogens is 1. The van der Waals surface area contributed by atoms with Crippen LogP contribution in [0.1, 0.15) is 41.7 Å². The second-order valence-electron chi connectivity index (χ2n) is 6.13. The van der Waals surface area contributed by atoms with Crippen molar-refractivity contribution in [3.05, 3.63) is 41.3 Å². The van der Waals surface area contributed by atoms with E-state index in [1.54, 1.807) is 18.1 Å². The van der Waals surface area contributed by atoms with E-state index in [2.05, 4.69) is 20.5 Å². The van der Waals surface area contributed by atoms with Crippen molar-refractivity contribution in [2.75, 3.05) is 25.5 Å². The first-order valence-corrected chi connectivity index (χ1v) is 8.19. The van der Waals surface area contributed by atoms with Gasteiger partial charge in [0.15, 0.2) is 5.69 Å². The molecule has 2 aromatic rings. The minimum atomic E-state index is -0.0726. The predicted molar refractivity (Wildman–Crippen MR) is 90.9 cm³/mol. The van der Waals surface area contributed by atoms with Gasteiger partial charge in [-0.1, -0.05) is 6.07 Å². The van der Waals surface area contributed by atoms with Crippen LogP contribution in [0.25, 0.3) is 0 Å². The Bertz CT molecular complexity index is 700. The molecular formula is C17H23N5O2. The fraction of sp³-hybridized carbons (Fsp3) is 0.471. The number of nitrogens with one attached hydrogen (secondary N) is 2. The number of amides is 1. The van der Waals surface area contributed by atoms with Crippen molar-refractivity contribution in [3.8, 4) is 0 Å². The van der Waals surface area contributed by atoms with Gasteiger partial charge in [-0.25, -0.2) is 4.98 Å². The molecule has 0 spiro atoms. The van der Waals surface area contributed by atoms with Crippen LogP contribution in [0.5, 0.6) is 0 Å². The molecule has 0 saturated carbocycles. The van der Waals surface area contributed by atoms with Crippen molar-refractivity contribution < 1.29 is 9.53 Å². The fourth-order valence-electron chi connectivity index (χ4n) is 2.95. The topological polar surface area (TPSA) is 83.1 Å². The molecule has 0 unspecified atom stereocenters. The number of aromatic nitrogens is 3. The number of aromatic amines is 1. The van der Waals surface area contributed by atoms with Gasteiger partial charge >= 0.3 is 0 Å². The molecule has 7 heteroatoms. The van der Waals surface area contributed by atoms with Crippen LogP contribution in [0.15, 0.2) is 24.4 Å². The highest BCUT2D eigenvalue weighted by molar-refractivity contribution is 5.94. The summed E-state index contributed by atoms with van der Waals surface area (Å²) in [7, 11) is 1.79. The number of anilines is 1. The zero-order valence-corrected chi connectivity index (χ0v) is 14.2. The van der Waals surface area contributed by atoms with Crippen LogP contribution in [0.2, 0.25) is 0 Å². The number of fused-ring (bicyclic) bond motifs is 1. The minimum absolute atomic E-state index is 0.0612. The predicted octanol–water partition coefficient (Wildman–Crippen LogP) is 2.01. The molecule has 0 bridgehead atoms. The van der Waals surface area contributed by atoms with Gasteiger partial charge in [0.25, 0.3) is 5.91 Å². The molecule has 0 aliphatic carbocycles. The summed E-state index contributed by atoms with van der Waals surface area (Å²) < 4.78 is 5.77. The lowest BCUT2D eigenvalue weighted by Crippen LogP contribution is -2.33. The van der Waals surface area contributed by atoms with Crippen molar-refractivity contribution in [1.29, 1.82) is 0 Å². The number of pyridine rings is 1. The Hall–Kier alpha value is -2.41. The molecule has 0 aromatic carbocycles. The van der Waals surface area contributed by atoms with Gasteiger partial charge in [-0.2, -0.15) is 5.10 Å². The van der Waals surface area contributed by atoms with Crippen LogP contribution in [-0.2, 0) is 11.2 Å². The van der Waals surface area contributed by atoms with Gasteiger partial charge in [-0.3, -0.25) is 9.89 Å². The Kier molecular flexibility index (Phi) is 4.80. The molecular weight excluding hydrogens is 306 g/mol. The zero-order valence-electron chi connectivity index (χ0n) is 14.2. The summed E-state index contributed by atoms with van der Waals surface area (Å²) in [4.78, 5) is 18.6. The molecule has 128 valence electrons. The molecule has 7 nitrogen and oxygen atoms in total. The first kappa shape index (κ1) is 16.4. The largest absolute Gasteiger partial charge is 0.369 e. The summed E-state index contributed by atoms with van der Waals surface area (Å²) in [5.41, 5.74) is 2.40. The summed E-state index contributed by atoms with van der Waals surface area (Å²) in [5.74, 6) is 0.729. The van der Waals surface area contributed by atoms with E-state index in [0.717, 1.165) is 17.1 Å². The van der Waals surface area contributed by atoms with E-state index in [9.17, 15) is 4.79 Å². The van der Waals surface area contributed by atoms with Gasteiger partial charge in [-0.15, -0.1) is 0 Å². The Morgan fingerprint density at radius 3 is 3.04 bits per heavy atom. The zero-order chi connectivity index (χ0) is 17.1. The molecule has 3 heterocycles. The molecule has 0 fully saturated rings. The molecule has 1 amide bonds. The van der Waals surface area contributed by atoms with Crippen LogP contribution in [-0.4, -0.2) is 52.2 Å². The lowest BCUT2D eigenvalue weighted by atomic mass is 9.99. The van der Waals surface area contributed by atoms with Gasteiger partial charge in [0.1, 0.15) is 5.82 Å². The second-order valence-corrected chi connectivity index (χ2v) is 6.13. The SMILES string of the molecule is C[C@@H]1Cc2c(C(=O)N(C)CCNc3ccccn3)n[nH]c2[C@H](C)O1. The van der Waals surface area contributed by atoms with Crippen molar-refractivity contribution in [3.63, 3.8) is 0 Å². The number of likely N-dealkylation sites (N-methyl/N-ethyl adjacent to an activating group) is 1. The Morgan fingerprint density at radius 1 is 1.46 bits per heavy atom. The maximum absolute atomic E-state index is 12.7. The Morgan fingerprint density at radius 2 is 2.29 bits per heavy atom. The van der Waals surface area contributed by atoms with Crippen molar-refractivity contribution >= 4 is 11.7 Å². The van der Waals surface area contributed by atoms with Crippen LogP contribution in [0.3, 0.4) is 0 Å². The second kappa shape index (κ2) is 7.00. The Balaban J connectivity index is 1.62. The third-order valence-electron chi connectivity index (χ3n) is 4.20. The molecule has 24 heavy (non-hydrogen) atoms. The number of ether oxygens (including phenoxy) is 1. The van der Waals surface area contributed by atoms with E-state index in [-0.39, 0.29) is 18.1 Å². The average Bonchev–Trinajstić information content (AvgIpc) is 2.99. The van der Waals surface area contributed by atoms with Gasteiger partial charge in [-0.05, 0) is 26.0 Å². The van der Waals surface area contributed by atoms with E-state index in [0.29, 0.717) is 25.2 Å². The molecule has 1 aliphatic rings. The smallest absolute Gasteiger partial charge is 0.274 e. The van der Waals surface area contributed by atoms with E-state index < -0.39 is 0 Å². The number of nitrogens with zero attached hydrogens (tertiary/aromatic N) is 3. The molecule has 0 saturated heterocycles. The third kappa shape index (κ3) is 3.41. The van der Waals surface area contributed by atoms with Crippen molar-refractivity contribution in [2.24, 2.45) is 0 Å². The highest BCUT2D eigenvalue weighted by atomic mass is 16.5. The lowest BCUT2D eigenvalue weighted by Gasteiger charge is -2.25. The first-order chi connectivity index (χ1) is 11.6. The fourth-order valence-corrected chi connectivity index (χ4v) is 2.95. The van der Waals surface area contributed by atoms with E-state index in [1.165, 1.54) is 0 Å². The minimum Gasteiger partial charge on any atom is -0.369 e. The number of carbonyl (C=O) groups excluding carboxylic acids is 1. The molecule has 2 atom stereocenters. The van der Waals surface area contributed by atoms with Crippen molar-refractivity contribution in [2.45, 2.75) is 32.5 Å². The standard InChI is InChI=1S/C17H23N5O2/c1-11-10-13-15(12(2)24-11)20-21-16(13)17(23)22(3)9-8-19-14-6-4-5-7-18-14/h4-7,11-12H,8-10H2,1-3H3,(H,18,19)(H,20,21)/t11-,12+/m1/s1. The van der Waals surface area contributed by atoms with E-state index in [4.69, 9.17) is 4.74 Å². The Labute approximate surface area is 141 Å². The van der Waals surface area contributed by atoms with Gasteiger partial charge in [0, 0.05) is 38.3 Å². The highest BCUT2D eigenvalue weighted by Crippen LogP contribution is 2.30. The monoisotopic (exact) mass is 329 g/mol. The van der Waals surface area contributed by atoms with Crippen molar-refractivity contribution in [1.82, 2.24) is 20.1 Å². The molecule has 2 aromatic heterocycles. The lowest BCUT2D eigenvalue weighted by molar-refractivity contribution is -0.00701. The number of carbonyl (C=O) groups is 1. The van der Waals surface area contributed by atoms with Crippen LogP contribution in [0, 0.1) is 0 Å². The number of rotatable bonds is 5. The number of hydrogen-bond donors (Lipinski definition) is 2. The normalized spacial score (nSPS) is 19.6. The summed E-state index contributed by atoms with van der Waals surface area (Å²) in [6.07, 6.45) is 2.47. The van der Waals surface area contributed by atoms with Gasteiger partial charge in [0.2, 0.25) is 0 Å². The summed E-state index contributed by atoms with van der Waals surface area (Å²) >= 11 is 0. The van der Waals surface area contributed by atoms with Gasteiger partial charge in [0.05, 0.1) is 17.9 Å². The highest BCUT2D eigenvalue weighted by Gasteiger charge is 2.30. The molecule has 1 aliphatic heterocycles. The molecule has 2 N–H and O–H groups in total. The molecule has 3 rings (SSSR count). The van der Waals surface area contributed by atoms with Crippen LogP contribution < -0.4 is 5.32 Å². The summed E-state index contributed by atoms with van der Waals surface area (Å²) in [5, 5.41) is 10.4. The van der Waals surface area contributed by atoms with E-state index >= 15 is 0 Å². The number of hydrogen-bond acceptors (Lipinski definition) is 5. The van der Waals surface area contributed by atoms with Crippen LogP contribution in [0.4, 0.5) is 5.82 Å². The maximum Gasteiger partial charge on any atom is 0.274 e.